The van der Waals surface area contributed by atoms with Gasteiger partial charge in [0.25, 0.3) is 0 Å². The molecule has 0 aliphatic carbocycles. The van der Waals surface area contributed by atoms with E-state index in [-0.39, 0.29) is 0 Å². The summed E-state index contributed by atoms with van der Waals surface area (Å²) >= 11 is 1.52. The Hall–Kier alpha value is -0.870. The van der Waals surface area contributed by atoms with Crippen molar-refractivity contribution in [1.29, 1.82) is 0 Å². The van der Waals surface area contributed by atoms with E-state index in [4.69, 9.17) is 5.11 Å². The van der Waals surface area contributed by atoms with Crippen molar-refractivity contribution < 1.29 is 9.90 Å². The van der Waals surface area contributed by atoms with Crippen molar-refractivity contribution in [2.45, 2.75) is 25.4 Å². The largest absolute Gasteiger partial charge is 0.480 e. The first-order chi connectivity index (χ1) is 6.70. The van der Waals surface area contributed by atoms with E-state index in [2.05, 4.69) is 6.92 Å². The molecule has 0 spiro atoms. The Kier molecular flexibility index (Phi) is 2.56. The average molecular weight is 211 g/mol. The number of nitrogens with zero attached hydrogens (tertiary/aromatic N) is 1. The van der Waals surface area contributed by atoms with Crippen LogP contribution in [0.3, 0.4) is 0 Å². The van der Waals surface area contributed by atoms with Crippen LogP contribution in [0.1, 0.15) is 24.3 Å². The number of hydrogen-bond acceptors (Lipinski definition) is 3. The van der Waals surface area contributed by atoms with Crippen LogP contribution in [0.25, 0.3) is 0 Å². The molecular weight excluding hydrogens is 198 g/mol. The number of thiophene rings is 1. The molecule has 1 N–H and O–H groups in total. The number of rotatable bonds is 3. The van der Waals surface area contributed by atoms with E-state index in [1.807, 2.05) is 22.4 Å². The summed E-state index contributed by atoms with van der Waals surface area (Å²) in [7, 11) is 0. The lowest BCUT2D eigenvalue weighted by Gasteiger charge is -2.42. The first kappa shape index (κ1) is 9.68. The second-order valence-corrected chi connectivity index (χ2v) is 4.61. The Balaban J connectivity index is 2.20. The molecule has 1 aromatic rings. The summed E-state index contributed by atoms with van der Waals surface area (Å²) in [5.41, 5.74) is 0. The number of carbonyl (C=O) groups is 1. The Morgan fingerprint density at radius 3 is 2.93 bits per heavy atom. The smallest absolute Gasteiger partial charge is 0.326 e. The third kappa shape index (κ3) is 1.55. The van der Waals surface area contributed by atoms with Crippen LogP contribution in [0.5, 0.6) is 0 Å². The molecule has 1 aliphatic heterocycles. The summed E-state index contributed by atoms with van der Waals surface area (Å²) in [5.74, 6) is -0.737. The SMILES string of the molecule is CC1CCN1C(C(=O)O)c1cccs1. The van der Waals surface area contributed by atoms with Gasteiger partial charge in [-0.2, -0.15) is 0 Å². The number of carboxylic acids is 1. The van der Waals surface area contributed by atoms with Crippen LogP contribution >= 0.6 is 11.3 Å². The molecule has 0 radical (unpaired) electrons. The molecule has 4 heteroatoms. The topological polar surface area (TPSA) is 40.5 Å². The molecule has 0 bridgehead atoms. The van der Waals surface area contributed by atoms with Gasteiger partial charge in [0.05, 0.1) is 0 Å². The fourth-order valence-electron chi connectivity index (χ4n) is 1.79. The van der Waals surface area contributed by atoms with Crippen molar-refractivity contribution in [2.75, 3.05) is 6.54 Å². The minimum absolute atomic E-state index is 0.401. The molecule has 2 rings (SSSR count). The molecule has 2 atom stereocenters. The van der Waals surface area contributed by atoms with Crippen molar-refractivity contribution in [3.63, 3.8) is 0 Å². The standard InChI is InChI=1S/C10H13NO2S/c1-7-4-5-11(7)9(10(12)13)8-3-2-6-14-8/h2-3,6-7,9H,4-5H2,1H3,(H,12,13). The summed E-state index contributed by atoms with van der Waals surface area (Å²) in [4.78, 5) is 14.1. The lowest BCUT2D eigenvalue weighted by Crippen LogP contribution is -2.49. The molecule has 3 nitrogen and oxygen atoms in total. The van der Waals surface area contributed by atoms with Crippen molar-refractivity contribution in [2.24, 2.45) is 0 Å². The van der Waals surface area contributed by atoms with E-state index in [0.717, 1.165) is 17.8 Å². The first-order valence-corrected chi connectivity index (χ1v) is 5.60. The quantitative estimate of drug-likeness (QED) is 0.831. The maximum atomic E-state index is 11.1. The van der Waals surface area contributed by atoms with Crippen LogP contribution in [-0.2, 0) is 4.79 Å². The maximum absolute atomic E-state index is 11.1. The highest BCUT2D eigenvalue weighted by Crippen LogP contribution is 2.32. The van der Waals surface area contributed by atoms with Crippen LogP contribution in [0.2, 0.25) is 0 Å². The number of hydrogen-bond donors (Lipinski definition) is 1. The highest BCUT2D eigenvalue weighted by Gasteiger charge is 2.36. The summed E-state index contributed by atoms with van der Waals surface area (Å²) in [6, 6.07) is 3.77. The van der Waals surface area contributed by atoms with Crippen LogP contribution < -0.4 is 0 Å². The van der Waals surface area contributed by atoms with E-state index in [1.165, 1.54) is 11.3 Å². The normalized spacial score (nSPS) is 24.2. The van der Waals surface area contributed by atoms with Gasteiger partial charge in [-0.3, -0.25) is 9.69 Å². The second kappa shape index (κ2) is 3.71. The third-order valence-electron chi connectivity index (χ3n) is 2.75. The monoisotopic (exact) mass is 211 g/mol. The van der Waals surface area contributed by atoms with Gasteiger partial charge in [-0.15, -0.1) is 11.3 Å². The summed E-state index contributed by atoms with van der Waals surface area (Å²) in [6.07, 6.45) is 1.11. The van der Waals surface area contributed by atoms with Crippen molar-refractivity contribution in [3.05, 3.63) is 22.4 Å². The zero-order valence-corrected chi connectivity index (χ0v) is 8.83. The predicted octanol–water partition coefficient (Wildman–Crippen LogP) is 1.97. The maximum Gasteiger partial charge on any atom is 0.326 e. The molecule has 1 fully saturated rings. The molecule has 0 aromatic carbocycles. The lowest BCUT2D eigenvalue weighted by molar-refractivity contribution is -0.147. The van der Waals surface area contributed by atoms with Gasteiger partial charge < -0.3 is 5.11 Å². The predicted molar refractivity (Wildman–Crippen MR) is 55.5 cm³/mol. The Morgan fingerprint density at radius 2 is 2.57 bits per heavy atom. The van der Waals surface area contributed by atoms with E-state index in [1.54, 1.807) is 0 Å². The number of carboxylic acid groups (broad SMARTS) is 1. The fraction of sp³-hybridized carbons (Fsp3) is 0.500. The van der Waals surface area contributed by atoms with Crippen LogP contribution in [0.15, 0.2) is 17.5 Å². The van der Waals surface area contributed by atoms with Crippen molar-refractivity contribution >= 4 is 17.3 Å². The van der Waals surface area contributed by atoms with E-state index >= 15 is 0 Å². The average Bonchev–Trinajstić information content (AvgIpc) is 2.63. The lowest BCUT2D eigenvalue weighted by atomic mass is 10.0. The van der Waals surface area contributed by atoms with Crippen molar-refractivity contribution in [3.8, 4) is 0 Å². The Bertz CT molecular complexity index is 323. The van der Waals surface area contributed by atoms with Gasteiger partial charge in [-0.05, 0) is 24.8 Å². The van der Waals surface area contributed by atoms with Gasteiger partial charge in [0.2, 0.25) is 0 Å². The van der Waals surface area contributed by atoms with Gasteiger partial charge in [0, 0.05) is 17.5 Å². The summed E-state index contributed by atoms with van der Waals surface area (Å²) in [6.45, 7) is 2.98. The first-order valence-electron chi connectivity index (χ1n) is 4.72. The van der Waals surface area contributed by atoms with Crippen LogP contribution in [0.4, 0.5) is 0 Å². The van der Waals surface area contributed by atoms with Crippen LogP contribution in [0, 0.1) is 0 Å². The van der Waals surface area contributed by atoms with Gasteiger partial charge in [-0.1, -0.05) is 6.07 Å². The summed E-state index contributed by atoms with van der Waals surface area (Å²) in [5, 5.41) is 11.1. The molecule has 0 amide bonds. The number of likely N-dealkylation sites (tertiary alicyclic amines) is 1. The van der Waals surface area contributed by atoms with E-state index < -0.39 is 12.0 Å². The molecule has 14 heavy (non-hydrogen) atoms. The third-order valence-corrected chi connectivity index (χ3v) is 3.67. The van der Waals surface area contributed by atoms with E-state index in [0.29, 0.717) is 6.04 Å². The minimum Gasteiger partial charge on any atom is -0.480 e. The van der Waals surface area contributed by atoms with Gasteiger partial charge >= 0.3 is 5.97 Å². The van der Waals surface area contributed by atoms with Crippen molar-refractivity contribution in [1.82, 2.24) is 4.90 Å². The molecule has 0 saturated carbocycles. The molecule has 1 aromatic heterocycles. The zero-order valence-electron chi connectivity index (χ0n) is 8.01. The molecule has 2 unspecified atom stereocenters. The molecule has 2 heterocycles. The van der Waals surface area contributed by atoms with Gasteiger partial charge in [-0.25, -0.2) is 0 Å². The molecule has 1 saturated heterocycles. The molecule has 76 valence electrons. The zero-order chi connectivity index (χ0) is 10.1. The highest BCUT2D eigenvalue weighted by atomic mass is 32.1. The number of aliphatic carboxylic acids is 1. The van der Waals surface area contributed by atoms with Crippen LogP contribution in [-0.4, -0.2) is 28.6 Å². The minimum atomic E-state index is -0.737. The molecule has 1 aliphatic rings. The Labute approximate surface area is 87.0 Å². The molecular formula is C10H13NO2S. The van der Waals surface area contributed by atoms with Gasteiger partial charge in [0.1, 0.15) is 6.04 Å². The summed E-state index contributed by atoms with van der Waals surface area (Å²) < 4.78 is 0. The highest BCUT2D eigenvalue weighted by molar-refractivity contribution is 7.10. The van der Waals surface area contributed by atoms with Gasteiger partial charge in [0.15, 0.2) is 0 Å². The van der Waals surface area contributed by atoms with E-state index in [9.17, 15) is 4.79 Å². The second-order valence-electron chi connectivity index (χ2n) is 3.63. The fourth-order valence-corrected chi connectivity index (χ4v) is 2.63. The Morgan fingerprint density at radius 1 is 1.79 bits per heavy atom.